The zero-order valence-corrected chi connectivity index (χ0v) is 16.6. The van der Waals surface area contributed by atoms with Gasteiger partial charge in [0.25, 0.3) is 5.88 Å². The zero-order valence-electron chi connectivity index (χ0n) is 16.6. The van der Waals surface area contributed by atoms with E-state index in [4.69, 9.17) is 10.00 Å². The highest BCUT2D eigenvalue weighted by Crippen LogP contribution is 2.31. The summed E-state index contributed by atoms with van der Waals surface area (Å²) in [4.78, 5) is 18.5. The van der Waals surface area contributed by atoms with Crippen molar-refractivity contribution in [3.8, 4) is 17.7 Å². The minimum absolute atomic E-state index is 0.0457. The van der Waals surface area contributed by atoms with E-state index < -0.39 is 17.5 Å². The molecule has 1 aromatic rings. The van der Waals surface area contributed by atoms with Gasteiger partial charge in [0.15, 0.2) is 5.75 Å². The van der Waals surface area contributed by atoms with E-state index in [-0.39, 0.29) is 30.4 Å². The Morgan fingerprint density at radius 1 is 1.45 bits per heavy atom. The van der Waals surface area contributed by atoms with Gasteiger partial charge in [-0.3, -0.25) is 9.69 Å². The maximum Gasteiger partial charge on any atom is 0.573 e. The summed E-state index contributed by atoms with van der Waals surface area (Å²) in [5, 5.41) is 11.8. The molecule has 1 aliphatic heterocycles. The molecule has 0 unspecified atom stereocenters. The molecule has 7 nitrogen and oxygen atoms in total. The molecule has 1 saturated heterocycles. The molecule has 1 aromatic heterocycles. The van der Waals surface area contributed by atoms with Gasteiger partial charge in [-0.2, -0.15) is 5.26 Å². The summed E-state index contributed by atoms with van der Waals surface area (Å²) in [5.74, 6) is -0.990. The number of amides is 1. The van der Waals surface area contributed by atoms with Gasteiger partial charge >= 0.3 is 6.36 Å². The molecule has 0 bridgehead atoms. The Labute approximate surface area is 167 Å². The number of rotatable bonds is 7. The molecule has 1 fully saturated rings. The maximum absolute atomic E-state index is 12.7. The van der Waals surface area contributed by atoms with Gasteiger partial charge < -0.3 is 14.8 Å². The molecular formula is C19H25F3N4O3. The molecule has 0 aliphatic carbocycles. The normalized spacial score (nSPS) is 20.6. The van der Waals surface area contributed by atoms with Gasteiger partial charge in [-0.1, -0.05) is 6.92 Å². The van der Waals surface area contributed by atoms with Crippen LogP contribution < -0.4 is 14.8 Å². The SMILES string of the molecule is C[C@H]1CN(CC#N)CC[C@@H]1NC(=O)C(C)(C)COc1ncccc1OC(F)(F)F. The van der Waals surface area contributed by atoms with Gasteiger partial charge in [-0.25, -0.2) is 4.98 Å². The third-order valence-electron chi connectivity index (χ3n) is 4.75. The van der Waals surface area contributed by atoms with Crippen LogP contribution in [0, 0.1) is 22.7 Å². The van der Waals surface area contributed by atoms with Gasteiger partial charge in [0.05, 0.1) is 18.0 Å². The molecular weight excluding hydrogens is 389 g/mol. The number of likely N-dealkylation sites (tertiary alicyclic amines) is 1. The molecule has 1 N–H and O–H groups in total. The monoisotopic (exact) mass is 414 g/mol. The molecule has 2 rings (SSSR count). The first-order chi connectivity index (χ1) is 13.5. The number of nitriles is 1. The number of hydrogen-bond acceptors (Lipinski definition) is 6. The number of pyridine rings is 1. The quantitative estimate of drug-likeness (QED) is 0.691. The lowest BCUT2D eigenvalue weighted by atomic mass is 9.89. The molecule has 0 aromatic carbocycles. The fourth-order valence-corrected chi connectivity index (χ4v) is 3.05. The predicted octanol–water partition coefficient (Wildman–Crippen LogP) is 2.74. The van der Waals surface area contributed by atoms with Gasteiger partial charge in [-0.15, -0.1) is 13.2 Å². The second-order valence-corrected chi connectivity index (χ2v) is 7.77. The van der Waals surface area contributed by atoms with Crippen molar-refractivity contribution in [2.45, 2.75) is 39.6 Å². The van der Waals surface area contributed by atoms with Crippen LogP contribution >= 0.6 is 0 Å². The average molecular weight is 414 g/mol. The van der Waals surface area contributed by atoms with E-state index in [0.717, 1.165) is 12.5 Å². The molecule has 1 aliphatic rings. The van der Waals surface area contributed by atoms with Gasteiger partial charge in [0.2, 0.25) is 5.91 Å². The summed E-state index contributed by atoms with van der Waals surface area (Å²) >= 11 is 0. The van der Waals surface area contributed by atoms with Crippen LogP contribution in [0.4, 0.5) is 13.2 Å². The van der Waals surface area contributed by atoms with Gasteiger partial charge in [0.1, 0.15) is 6.61 Å². The van der Waals surface area contributed by atoms with Crippen molar-refractivity contribution < 1.29 is 27.4 Å². The van der Waals surface area contributed by atoms with Crippen molar-refractivity contribution in [3.63, 3.8) is 0 Å². The van der Waals surface area contributed by atoms with Crippen molar-refractivity contribution in [1.29, 1.82) is 5.26 Å². The molecule has 10 heteroatoms. The Hall–Kier alpha value is -2.54. The van der Waals surface area contributed by atoms with Crippen molar-refractivity contribution in [2.75, 3.05) is 26.2 Å². The van der Waals surface area contributed by atoms with E-state index in [1.807, 2.05) is 11.8 Å². The van der Waals surface area contributed by atoms with Crippen LogP contribution in [0.25, 0.3) is 0 Å². The number of nitrogens with zero attached hydrogens (tertiary/aromatic N) is 3. The van der Waals surface area contributed by atoms with Crippen LogP contribution in [0.15, 0.2) is 18.3 Å². The van der Waals surface area contributed by atoms with Gasteiger partial charge in [-0.05, 0) is 38.3 Å². The summed E-state index contributed by atoms with van der Waals surface area (Å²) in [7, 11) is 0. The second kappa shape index (κ2) is 9.31. The second-order valence-electron chi connectivity index (χ2n) is 7.77. The first-order valence-electron chi connectivity index (χ1n) is 9.25. The largest absolute Gasteiger partial charge is 0.573 e. The van der Waals surface area contributed by atoms with E-state index in [2.05, 4.69) is 21.1 Å². The standard InChI is InChI=1S/C19H25F3N4O3/c1-13-11-26(10-7-23)9-6-14(13)25-17(27)18(2,3)12-28-16-15(5-4-8-24-16)29-19(20,21)22/h4-5,8,13-14H,6,9-12H2,1-3H3,(H,25,27)/t13-,14-/m0/s1. The summed E-state index contributed by atoms with van der Waals surface area (Å²) < 4.78 is 46.8. The Kier molecular flexibility index (Phi) is 7.30. The van der Waals surface area contributed by atoms with Crippen LogP contribution in [0.2, 0.25) is 0 Å². The number of hydrogen-bond donors (Lipinski definition) is 1. The van der Waals surface area contributed by atoms with Crippen molar-refractivity contribution >= 4 is 5.91 Å². The number of piperidine rings is 1. The molecule has 2 atom stereocenters. The zero-order chi connectivity index (χ0) is 21.7. The predicted molar refractivity (Wildman–Crippen MR) is 98.0 cm³/mol. The summed E-state index contributed by atoms with van der Waals surface area (Å²) in [6, 6.07) is 4.47. The highest BCUT2D eigenvalue weighted by molar-refractivity contribution is 5.82. The third-order valence-corrected chi connectivity index (χ3v) is 4.75. The summed E-state index contributed by atoms with van der Waals surface area (Å²) in [5.41, 5.74) is -1.00. The minimum atomic E-state index is -4.87. The number of carbonyl (C=O) groups is 1. The van der Waals surface area contributed by atoms with E-state index in [1.54, 1.807) is 13.8 Å². The highest BCUT2D eigenvalue weighted by Gasteiger charge is 2.35. The molecule has 0 spiro atoms. The molecule has 29 heavy (non-hydrogen) atoms. The van der Waals surface area contributed by atoms with Crippen LogP contribution in [-0.2, 0) is 4.79 Å². The number of alkyl halides is 3. The number of ether oxygens (including phenoxy) is 2. The topological polar surface area (TPSA) is 87.5 Å². The fourth-order valence-electron chi connectivity index (χ4n) is 3.05. The number of nitrogens with one attached hydrogen (secondary N) is 1. The highest BCUT2D eigenvalue weighted by atomic mass is 19.4. The maximum atomic E-state index is 12.7. The summed E-state index contributed by atoms with van der Waals surface area (Å²) in [6.07, 6.45) is -2.87. The van der Waals surface area contributed by atoms with Crippen molar-refractivity contribution in [2.24, 2.45) is 11.3 Å². The average Bonchev–Trinajstić information content (AvgIpc) is 2.62. The lowest BCUT2D eigenvalue weighted by molar-refractivity contribution is -0.275. The Morgan fingerprint density at radius 3 is 2.79 bits per heavy atom. The lowest BCUT2D eigenvalue weighted by Gasteiger charge is -2.37. The van der Waals surface area contributed by atoms with Crippen molar-refractivity contribution in [3.05, 3.63) is 18.3 Å². The Balaban J connectivity index is 1.95. The van der Waals surface area contributed by atoms with Crippen LogP contribution in [0.1, 0.15) is 27.2 Å². The van der Waals surface area contributed by atoms with E-state index in [0.29, 0.717) is 19.6 Å². The van der Waals surface area contributed by atoms with Gasteiger partial charge in [0, 0.05) is 25.3 Å². The first-order valence-corrected chi connectivity index (χ1v) is 9.25. The Morgan fingerprint density at radius 2 is 2.17 bits per heavy atom. The number of halogens is 3. The number of aromatic nitrogens is 1. The lowest BCUT2D eigenvalue weighted by Crippen LogP contribution is -2.53. The van der Waals surface area contributed by atoms with E-state index in [1.165, 1.54) is 12.3 Å². The minimum Gasteiger partial charge on any atom is -0.474 e. The third kappa shape index (κ3) is 6.78. The molecule has 1 amide bonds. The molecule has 0 saturated carbocycles. The van der Waals surface area contributed by atoms with Crippen LogP contribution in [-0.4, -0.2) is 54.4 Å². The smallest absolute Gasteiger partial charge is 0.474 e. The van der Waals surface area contributed by atoms with Crippen LogP contribution in [0.5, 0.6) is 11.6 Å². The molecule has 160 valence electrons. The van der Waals surface area contributed by atoms with E-state index in [9.17, 15) is 18.0 Å². The number of carbonyl (C=O) groups excluding carboxylic acids is 1. The molecule has 2 heterocycles. The fraction of sp³-hybridized carbons (Fsp3) is 0.632. The molecule has 0 radical (unpaired) electrons. The van der Waals surface area contributed by atoms with Crippen molar-refractivity contribution in [1.82, 2.24) is 15.2 Å². The van der Waals surface area contributed by atoms with E-state index >= 15 is 0 Å². The first kappa shape index (κ1) is 22.7. The Bertz CT molecular complexity index is 749. The summed E-state index contributed by atoms with van der Waals surface area (Å²) in [6.45, 7) is 6.90. The van der Waals surface area contributed by atoms with Crippen LogP contribution in [0.3, 0.4) is 0 Å².